The number of nitrogens with two attached hydrogens (primary N) is 1. The van der Waals surface area contributed by atoms with Crippen LogP contribution in [-0.2, 0) is 0 Å². The van der Waals surface area contributed by atoms with Crippen LogP contribution in [0.15, 0.2) is 27.8 Å². The van der Waals surface area contributed by atoms with E-state index in [2.05, 4.69) is 26.5 Å². The molecule has 0 amide bonds. The van der Waals surface area contributed by atoms with Gasteiger partial charge in [-0.25, -0.2) is 0 Å². The summed E-state index contributed by atoms with van der Waals surface area (Å²) in [5.74, 6) is -0.358. The number of amidine groups is 1. The van der Waals surface area contributed by atoms with Crippen molar-refractivity contribution in [2.75, 3.05) is 5.43 Å². The van der Waals surface area contributed by atoms with Crippen LogP contribution in [0.1, 0.15) is 5.56 Å². The first-order chi connectivity index (χ1) is 7.54. The number of benzene rings is 1. The third-order valence-corrected chi connectivity index (χ3v) is 2.71. The molecule has 0 spiro atoms. The molecule has 0 unspecified atom stereocenters. The van der Waals surface area contributed by atoms with Crippen molar-refractivity contribution in [3.05, 3.63) is 28.2 Å². The Balaban J connectivity index is 2.86. The van der Waals surface area contributed by atoms with Crippen molar-refractivity contribution in [1.82, 2.24) is 0 Å². The first-order valence-corrected chi connectivity index (χ1v) is 5.18. The monoisotopic (exact) mass is 279 g/mol. The highest BCUT2D eigenvalue weighted by Crippen LogP contribution is 2.19. The summed E-state index contributed by atoms with van der Waals surface area (Å²) in [6.07, 6.45) is 0. The molecule has 6 heteroatoms. The van der Waals surface area contributed by atoms with Crippen LogP contribution >= 0.6 is 15.9 Å². The van der Waals surface area contributed by atoms with Gasteiger partial charge >= 0.3 is 0 Å². The Labute approximate surface area is 102 Å². The van der Waals surface area contributed by atoms with Gasteiger partial charge in [-0.2, -0.15) is 10.4 Å². The van der Waals surface area contributed by atoms with Gasteiger partial charge in [0.05, 0.1) is 5.69 Å². The molecular weight excluding hydrogens is 270 g/mol. The Morgan fingerprint density at radius 2 is 2.31 bits per heavy atom. The molecule has 1 aromatic carbocycles. The van der Waals surface area contributed by atoms with Crippen molar-refractivity contribution in [2.45, 2.75) is 6.92 Å². The van der Waals surface area contributed by atoms with Gasteiger partial charge in [0, 0.05) is 4.47 Å². The van der Waals surface area contributed by atoms with E-state index in [4.69, 9.17) is 16.4 Å². The lowest BCUT2D eigenvalue weighted by molar-refractivity contribution is 1.31. The molecule has 0 fully saturated rings. The van der Waals surface area contributed by atoms with Crippen molar-refractivity contribution in [2.24, 2.45) is 10.8 Å². The molecular formula is C10H10BrN5. The molecule has 4 N–H and O–H groups in total. The maximum Gasteiger partial charge on any atom is 0.201 e. The average Bonchev–Trinajstić information content (AvgIpc) is 2.23. The smallest absolute Gasteiger partial charge is 0.201 e. The summed E-state index contributed by atoms with van der Waals surface area (Å²) >= 11 is 3.38. The zero-order valence-electron chi connectivity index (χ0n) is 8.58. The summed E-state index contributed by atoms with van der Waals surface area (Å²) in [5.41, 5.74) is 9.45. The molecule has 0 aliphatic rings. The molecule has 0 saturated carbocycles. The lowest BCUT2D eigenvalue weighted by Crippen LogP contribution is -2.21. The van der Waals surface area contributed by atoms with Crippen molar-refractivity contribution < 1.29 is 0 Å². The molecule has 0 aliphatic heterocycles. The van der Waals surface area contributed by atoms with Gasteiger partial charge in [-0.15, -0.1) is 0 Å². The number of rotatable bonds is 3. The van der Waals surface area contributed by atoms with Crippen LogP contribution in [0.4, 0.5) is 5.69 Å². The minimum absolute atomic E-state index is 0.138. The summed E-state index contributed by atoms with van der Waals surface area (Å²) < 4.78 is 0.995. The molecule has 0 atom stereocenters. The Kier molecular flexibility index (Phi) is 4.03. The van der Waals surface area contributed by atoms with Crippen LogP contribution < -0.4 is 11.2 Å². The number of anilines is 1. The SMILES string of the molecule is Cc1cc(N/N=C(\C#N)C(=N)N)ccc1Br. The van der Waals surface area contributed by atoms with Crippen LogP contribution in [0.5, 0.6) is 0 Å². The van der Waals surface area contributed by atoms with E-state index in [0.29, 0.717) is 0 Å². The summed E-state index contributed by atoms with van der Waals surface area (Å²) in [4.78, 5) is 0. The summed E-state index contributed by atoms with van der Waals surface area (Å²) in [6, 6.07) is 7.26. The zero-order valence-corrected chi connectivity index (χ0v) is 10.2. The molecule has 0 aliphatic carbocycles. The van der Waals surface area contributed by atoms with Crippen LogP contribution in [0.3, 0.4) is 0 Å². The first-order valence-electron chi connectivity index (χ1n) is 4.39. The minimum atomic E-state index is -0.358. The summed E-state index contributed by atoms with van der Waals surface area (Å²) in [7, 11) is 0. The standard InChI is InChI=1S/C10H10BrN5/c1-6-4-7(2-3-8(6)11)15-16-9(5-12)10(13)14/h2-4,15H,1H3,(H3,13,14)/b16-9+. The average molecular weight is 280 g/mol. The fourth-order valence-corrected chi connectivity index (χ4v) is 1.23. The van der Waals surface area contributed by atoms with Crippen LogP contribution in [0, 0.1) is 23.7 Å². The molecule has 1 rings (SSSR count). The normalized spacial score (nSPS) is 10.7. The third kappa shape index (κ3) is 3.07. The maximum absolute atomic E-state index is 8.62. The Hall–Kier alpha value is -1.87. The van der Waals surface area contributed by atoms with Crippen molar-refractivity contribution in [1.29, 1.82) is 10.7 Å². The van der Waals surface area contributed by atoms with E-state index in [-0.39, 0.29) is 11.5 Å². The van der Waals surface area contributed by atoms with E-state index in [1.54, 1.807) is 12.1 Å². The largest absolute Gasteiger partial charge is 0.382 e. The number of hydrogen-bond donors (Lipinski definition) is 3. The van der Waals surface area contributed by atoms with Crippen molar-refractivity contribution >= 4 is 33.2 Å². The van der Waals surface area contributed by atoms with Crippen LogP contribution in [-0.4, -0.2) is 11.5 Å². The fraction of sp³-hybridized carbons (Fsp3) is 0.100. The predicted octanol–water partition coefficient (Wildman–Crippen LogP) is 1.98. The van der Waals surface area contributed by atoms with Gasteiger partial charge in [0.15, 0.2) is 5.84 Å². The second kappa shape index (κ2) is 5.28. The lowest BCUT2D eigenvalue weighted by Gasteiger charge is -2.03. The number of nitrogens with zero attached hydrogens (tertiary/aromatic N) is 2. The second-order valence-electron chi connectivity index (χ2n) is 3.06. The highest BCUT2D eigenvalue weighted by atomic mass is 79.9. The number of hydrazone groups is 1. The van der Waals surface area contributed by atoms with Crippen LogP contribution in [0.25, 0.3) is 0 Å². The Morgan fingerprint density at radius 1 is 1.62 bits per heavy atom. The van der Waals surface area contributed by atoms with E-state index in [1.807, 2.05) is 19.1 Å². The Morgan fingerprint density at radius 3 is 2.81 bits per heavy atom. The topological polar surface area (TPSA) is 98.0 Å². The lowest BCUT2D eigenvalue weighted by atomic mass is 10.2. The molecule has 0 saturated heterocycles. The molecule has 82 valence electrons. The molecule has 0 radical (unpaired) electrons. The molecule has 5 nitrogen and oxygen atoms in total. The molecule has 0 bridgehead atoms. The van der Waals surface area contributed by atoms with E-state index in [0.717, 1.165) is 15.7 Å². The molecule has 0 heterocycles. The minimum Gasteiger partial charge on any atom is -0.382 e. The highest BCUT2D eigenvalue weighted by Gasteiger charge is 2.01. The number of nitriles is 1. The van der Waals surface area contributed by atoms with Gasteiger partial charge in [-0.3, -0.25) is 10.8 Å². The second-order valence-corrected chi connectivity index (χ2v) is 3.92. The zero-order chi connectivity index (χ0) is 12.1. The van der Waals surface area contributed by atoms with Crippen molar-refractivity contribution in [3.63, 3.8) is 0 Å². The third-order valence-electron chi connectivity index (χ3n) is 1.82. The maximum atomic E-state index is 8.62. The van der Waals surface area contributed by atoms with Crippen molar-refractivity contribution in [3.8, 4) is 6.07 Å². The van der Waals surface area contributed by atoms with E-state index >= 15 is 0 Å². The van der Waals surface area contributed by atoms with E-state index in [1.165, 1.54) is 0 Å². The quantitative estimate of drug-likeness (QED) is 0.448. The molecule has 1 aromatic rings. The summed E-state index contributed by atoms with van der Waals surface area (Å²) in [6.45, 7) is 1.94. The predicted molar refractivity (Wildman–Crippen MR) is 67.5 cm³/mol. The Bertz CT molecular complexity index is 486. The van der Waals surface area contributed by atoms with Gasteiger partial charge in [-0.05, 0) is 30.7 Å². The van der Waals surface area contributed by atoms with Gasteiger partial charge in [0.2, 0.25) is 5.71 Å². The van der Waals surface area contributed by atoms with Gasteiger partial charge in [-0.1, -0.05) is 15.9 Å². The number of nitrogens with one attached hydrogen (secondary N) is 2. The highest BCUT2D eigenvalue weighted by molar-refractivity contribution is 9.10. The van der Waals surface area contributed by atoms with Crippen LogP contribution in [0.2, 0.25) is 0 Å². The summed E-state index contributed by atoms with van der Waals surface area (Å²) in [5, 5.41) is 19.4. The van der Waals surface area contributed by atoms with Gasteiger partial charge in [0.25, 0.3) is 0 Å². The molecule has 16 heavy (non-hydrogen) atoms. The van der Waals surface area contributed by atoms with Gasteiger partial charge < -0.3 is 5.73 Å². The fourth-order valence-electron chi connectivity index (χ4n) is 0.980. The number of hydrogen-bond acceptors (Lipinski definition) is 4. The van der Waals surface area contributed by atoms with Gasteiger partial charge in [0.1, 0.15) is 6.07 Å². The first kappa shape index (κ1) is 12.2. The number of aryl methyl sites for hydroxylation is 1. The van der Waals surface area contributed by atoms with E-state index < -0.39 is 0 Å². The number of halogens is 1. The molecule has 0 aromatic heterocycles. The van der Waals surface area contributed by atoms with E-state index in [9.17, 15) is 0 Å².